The number of nitrogens with one attached hydrogen (secondary N) is 1. The molecule has 0 radical (unpaired) electrons. The lowest BCUT2D eigenvalue weighted by Crippen LogP contribution is -2.51. The van der Waals surface area contributed by atoms with Crippen LogP contribution in [0.15, 0.2) is 67.5 Å². The second kappa shape index (κ2) is 9.53. The van der Waals surface area contributed by atoms with Crippen LogP contribution in [0.25, 0.3) is 16.2 Å². The van der Waals surface area contributed by atoms with Crippen LogP contribution in [0.3, 0.4) is 0 Å². The first kappa shape index (κ1) is 24.2. The lowest BCUT2D eigenvalue weighted by Gasteiger charge is -2.35. The minimum atomic E-state index is -1.97. The first-order valence-corrected chi connectivity index (χ1v) is 11.9. The summed E-state index contributed by atoms with van der Waals surface area (Å²) in [6.45, 7) is 1.29. The van der Waals surface area contributed by atoms with Crippen LogP contribution in [0.1, 0.15) is 27.7 Å². The molecule has 2 atom stereocenters. The van der Waals surface area contributed by atoms with Gasteiger partial charge in [-0.05, 0) is 25.1 Å². The molecule has 1 amide bonds. The van der Waals surface area contributed by atoms with Crippen molar-refractivity contribution in [1.29, 1.82) is 5.26 Å². The van der Waals surface area contributed by atoms with E-state index in [9.17, 15) is 18.7 Å². The summed E-state index contributed by atoms with van der Waals surface area (Å²) in [7, 11) is 0. The van der Waals surface area contributed by atoms with Gasteiger partial charge in [-0.15, -0.1) is 0 Å². The van der Waals surface area contributed by atoms with Crippen LogP contribution in [-0.2, 0) is 12.1 Å². The highest BCUT2D eigenvalue weighted by molar-refractivity contribution is 7.18. The Hall–Kier alpha value is -4.47. The number of hydrogen-bond acceptors (Lipinski definition) is 7. The number of nitrogens with zero attached hydrogens (tertiary/aromatic N) is 6. The van der Waals surface area contributed by atoms with E-state index in [0.29, 0.717) is 27.2 Å². The molecular formula is C25H19F2N7O2S. The standard InChI is InChI=1S/C25H19F2N7O2S/c1-15(25(36,12-34-14-29-13-30-34)19-7-6-18(26)8-20(19)27)31-23(35)22-11-33-10-21(32-24(33)37-22)17-4-2-16(9-28)3-5-17/h2-8,10-11,13-15,36H,12H2,1H3,(H,31,35)/t15-,25-/m1/s1. The summed E-state index contributed by atoms with van der Waals surface area (Å²) in [5.41, 5.74) is -0.104. The van der Waals surface area contributed by atoms with E-state index in [1.807, 2.05) is 0 Å². The fourth-order valence-corrected chi connectivity index (χ4v) is 4.87. The van der Waals surface area contributed by atoms with Crippen LogP contribution in [0.5, 0.6) is 0 Å². The number of hydrogen-bond donors (Lipinski definition) is 2. The number of halogens is 2. The van der Waals surface area contributed by atoms with Gasteiger partial charge in [0.25, 0.3) is 5.91 Å². The van der Waals surface area contributed by atoms with E-state index in [0.717, 1.165) is 29.0 Å². The molecule has 2 aromatic carbocycles. The zero-order valence-corrected chi connectivity index (χ0v) is 20.2. The molecule has 3 heterocycles. The molecule has 0 unspecified atom stereocenters. The van der Waals surface area contributed by atoms with Gasteiger partial charge >= 0.3 is 0 Å². The highest BCUT2D eigenvalue weighted by Crippen LogP contribution is 2.31. The van der Waals surface area contributed by atoms with E-state index in [1.165, 1.54) is 24.3 Å². The highest BCUT2D eigenvalue weighted by Gasteiger charge is 2.40. The number of benzene rings is 2. The van der Waals surface area contributed by atoms with Crippen LogP contribution in [-0.4, -0.2) is 41.2 Å². The lowest BCUT2D eigenvalue weighted by atomic mass is 9.86. The Labute approximate surface area is 213 Å². The lowest BCUT2D eigenvalue weighted by molar-refractivity contribution is -0.0185. The average molecular weight is 520 g/mol. The topological polar surface area (TPSA) is 121 Å². The first-order valence-electron chi connectivity index (χ1n) is 11.1. The van der Waals surface area contributed by atoms with Crippen LogP contribution < -0.4 is 5.32 Å². The maximum atomic E-state index is 14.7. The van der Waals surface area contributed by atoms with Gasteiger partial charge in [-0.25, -0.2) is 23.4 Å². The largest absolute Gasteiger partial charge is 0.381 e. The summed E-state index contributed by atoms with van der Waals surface area (Å²) in [4.78, 5) is 22.4. The highest BCUT2D eigenvalue weighted by atomic mass is 32.1. The third kappa shape index (κ3) is 4.69. The Morgan fingerprint density at radius 1 is 1.24 bits per heavy atom. The third-order valence-corrected chi connectivity index (χ3v) is 7.02. The minimum Gasteiger partial charge on any atom is -0.381 e. The van der Waals surface area contributed by atoms with Gasteiger partial charge < -0.3 is 10.4 Å². The maximum Gasteiger partial charge on any atom is 0.263 e. The molecule has 0 saturated heterocycles. The molecule has 5 aromatic rings. The van der Waals surface area contributed by atoms with Crippen molar-refractivity contribution in [2.75, 3.05) is 0 Å². The van der Waals surface area contributed by atoms with E-state index in [1.54, 1.807) is 41.1 Å². The van der Waals surface area contributed by atoms with Gasteiger partial charge in [-0.1, -0.05) is 29.5 Å². The molecule has 0 aliphatic heterocycles. The monoisotopic (exact) mass is 519 g/mol. The number of thiazole rings is 1. The molecule has 9 nitrogen and oxygen atoms in total. The predicted molar refractivity (Wildman–Crippen MR) is 130 cm³/mol. The van der Waals surface area contributed by atoms with Gasteiger partial charge in [0.15, 0.2) is 4.96 Å². The van der Waals surface area contributed by atoms with Crippen molar-refractivity contribution in [1.82, 2.24) is 29.5 Å². The quantitative estimate of drug-likeness (QED) is 0.340. The van der Waals surface area contributed by atoms with Crippen molar-refractivity contribution in [2.45, 2.75) is 25.1 Å². The van der Waals surface area contributed by atoms with Crippen molar-refractivity contribution in [3.63, 3.8) is 0 Å². The number of nitriles is 1. The maximum absolute atomic E-state index is 14.7. The summed E-state index contributed by atoms with van der Waals surface area (Å²) in [5.74, 6) is -2.24. The van der Waals surface area contributed by atoms with Crippen LogP contribution in [0.4, 0.5) is 8.78 Å². The molecule has 0 saturated carbocycles. The molecular weight excluding hydrogens is 500 g/mol. The number of rotatable bonds is 7. The molecule has 37 heavy (non-hydrogen) atoms. The number of fused-ring (bicyclic) bond motifs is 1. The van der Waals surface area contributed by atoms with Crippen molar-refractivity contribution in [2.24, 2.45) is 0 Å². The Morgan fingerprint density at radius 3 is 2.68 bits per heavy atom. The van der Waals surface area contributed by atoms with E-state index in [4.69, 9.17) is 5.26 Å². The number of imidazole rings is 1. The Morgan fingerprint density at radius 2 is 2.03 bits per heavy atom. The van der Waals surface area contributed by atoms with Gasteiger partial charge in [-0.2, -0.15) is 10.4 Å². The predicted octanol–water partition coefficient (Wildman–Crippen LogP) is 3.51. The van der Waals surface area contributed by atoms with Crippen LogP contribution in [0, 0.1) is 23.0 Å². The van der Waals surface area contributed by atoms with Crippen LogP contribution >= 0.6 is 11.3 Å². The second-order valence-electron chi connectivity index (χ2n) is 8.44. The van der Waals surface area contributed by atoms with Gasteiger partial charge in [0.2, 0.25) is 0 Å². The van der Waals surface area contributed by atoms with Crippen molar-refractivity contribution >= 4 is 22.2 Å². The zero-order chi connectivity index (χ0) is 26.2. The van der Waals surface area contributed by atoms with Crippen molar-refractivity contribution < 1.29 is 18.7 Å². The molecule has 12 heteroatoms. The second-order valence-corrected chi connectivity index (χ2v) is 9.45. The molecule has 2 N–H and O–H groups in total. The third-order valence-electron chi connectivity index (χ3n) is 6.02. The molecule has 0 bridgehead atoms. The molecule has 186 valence electrons. The number of amides is 1. The molecule has 5 rings (SSSR count). The van der Waals surface area contributed by atoms with E-state index in [-0.39, 0.29) is 12.1 Å². The Balaban J connectivity index is 1.39. The SMILES string of the molecule is C[C@@H](NC(=O)c1cn2cc(-c3ccc(C#N)cc3)nc2s1)[C@](O)(Cn1cncn1)c1ccc(F)cc1F. The molecule has 3 aromatic heterocycles. The number of aromatic nitrogens is 5. The van der Waals surface area contributed by atoms with Gasteiger partial charge in [0, 0.05) is 29.6 Å². The number of carbonyl (C=O) groups excluding carboxylic acids is 1. The summed E-state index contributed by atoms with van der Waals surface area (Å²) in [6.07, 6.45) is 5.98. The average Bonchev–Trinajstić information content (AvgIpc) is 3.61. The van der Waals surface area contributed by atoms with E-state index >= 15 is 0 Å². The first-order chi connectivity index (χ1) is 17.8. The number of aliphatic hydroxyl groups is 1. The normalized spacial score (nSPS) is 13.7. The van der Waals surface area contributed by atoms with Gasteiger partial charge in [-0.3, -0.25) is 9.20 Å². The van der Waals surface area contributed by atoms with Gasteiger partial charge in [0.05, 0.1) is 29.9 Å². The fourth-order valence-electron chi connectivity index (χ4n) is 4.00. The van der Waals surface area contributed by atoms with E-state index in [2.05, 4.69) is 26.5 Å². The van der Waals surface area contributed by atoms with E-state index < -0.39 is 29.2 Å². The molecule has 0 aliphatic rings. The summed E-state index contributed by atoms with van der Waals surface area (Å²) in [5, 5.41) is 27.3. The van der Waals surface area contributed by atoms with Crippen molar-refractivity contribution in [3.05, 3.63) is 95.2 Å². The molecule has 0 spiro atoms. The van der Waals surface area contributed by atoms with Gasteiger partial charge in [0.1, 0.15) is 34.8 Å². The minimum absolute atomic E-state index is 0.190. The Bertz CT molecular complexity index is 1590. The summed E-state index contributed by atoms with van der Waals surface area (Å²) >= 11 is 1.14. The molecule has 0 aliphatic carbocycles. The smallest absolute Gasteiger partial charge is 0.263 e. The van der Waals surface area contributed by atoms with Crippen LogP contribution in [0.2, 0.25) is 0 Å². The zero-order valence-electron chi connectivity index (χ0n) is 19.3. The summed E-state index contributed by atoms with van der Waals surface area (Å²) < 4.78 is 31.3. The number of carbonyl (C=O) groups is 1. The van der Waals surface area contributed by atoms with Crippen molar-refractivity contribution in [3.8, 4) is 17.3 Å². The molecule has 0 fully saturated rings. The Kier molecular flexibility index (Phi) is 6.24. The fraction of sp³-hybridized carbons (Fsp3) is 0.160. The summed E-state index contributed by atoms with van der Waals surface area (Å²) in [6, 6.07) is 10.9.